The van der Waals surface area contributed by atoms with Gasteiger partial charge >= 0.3 is 17.9 Å². The monoisotopic (exact) mass is 446 g/mol. The molecule has 0 radical (unpaired) electrons. The molecule has 0 heterocycles. The lowest BCUT2D eigenvalue weighted by Crippen LogP contribution is -2.66. The van der Waals surface area contributed by atoms with E-state index in [1.54, 1.807) is 0 Å². The Morgan fingerprint density at radius 3 is 2.28 bits per heavy atom. The Kier molecular flexibility index (Phi) is 5.74. The van der Waals surface area contributed by atoms with E-state index in [0.29, 0.717) is 13.0 Å². The second-order valence-corrected chi connectivity index (χ2v) is 11.4. The molecule has 0 N–H and O–H groups in total. The number of hydrogen-bond acceptors (Lipinski definition) is 6. The van der Waals surface area contributed by atoms with Crippen molar-refractivity contribution in [2.75, 3.05) is 6.61 Å². The number of fused-ring (bicyclic) bond motifs is 3. The summed E-state index contributed by atoms with van der Waals surface area (Å²) in [5.74, 6) is -0.229. The summed E-state index contributed by atoms with van der Waals surface area (Å²) in [6.07, 6.45) is 5.88. The second-order valence-electron chi connectivity index (χ2n) is 11.4. The number of esters is 3. The Labute approximate surface area is 191 Å². The Balaban J connectivity index is 1.81. The zero-order chi connectivity index (χ0) is 23.5. The smallest absolute Gasteiger partial charge is 0.302 e. The maximum Gasteiger partial charge on any atom is 0.302 e. The summed E-state index contributed by atoms with van der Waals surface area (Å²) in [7, 11) is 0. The minimum Gasteiger partial charge on any atom is -0.465 e. The average Bonchev–Trinajstić information content (AvgIpc) is 2.83. The van der Waals surface area contributed by atoms with E-state index in [2.05, 4.69) is 20.4 Å². The lowest BCUT2D eigenvalue weighted by Gasteiger charge is -2.66. The Morgan fingerprint density at radius 1 is 0.969 bits per heavy atom. The predicted molar refractivity (Wildman–Crippen MR) is 118 cm³/mol. The molecule has 6 nitrogen and oxygen atoms in total. The standard InChI is InChI=1S/C26H38O6/c1-15-13-26-20(9-8-19(15)23(26)32-18(4)29)25(6)11-7-10-24(5,14-30-16(2)27)21(25)12-22(26)31-17(3)28/h19-23H,1,7-14H2,2-6H3/t19-,20-,21+,22-,23?,24-,25-,26-/m0/s1. The molecule has 178 valence electrons. The molecule has 1 spiro atoms. The fraction of sp³-hybridized carbons (Fsp3) is 0.808. The van der Waals surface area contributed by atoms with E-state index in [-0.39, 0.29) is 58.7 Å². The molecule has 4 aliphatic rings. The first-order valence-corrected chi connectivity index (χ1v) is 12.1. The molecule has 32 heavy (non-hydrogen) atoms. The van der Waals surface area contributed by atoms with Crippen molar-refractivity contribution in [1.29, 1.82) is 0 Å². The van der Waals surface area contributed by atoms with Crippen LogP contribution in [0, 0.1) is 34.0 Å². The SMILES string of the molecule is C=C1C[C@]23C(OC(C)=O)[C@H]1CC[C@H]2[C@]1(C)CCC[C@@](C)(COC(C)=O)[C@H]1C[C@@H]3OC(C)=O. The molecule has 4 aliphatic carbocycles. The van der Waals surface area contributed by atoms with Crippen molar-refractivity contribution in [3.8, 4) is 0 Å². The summed E-state index contributed by atoms with van der Waals surface area (Å²) in [6.45, 7) is 13.7. The maximum atomic E-state index is 12.3. The summed E-state index contributed by atoms with van der Waals surface area (Å²) >= 11 is 0. The normalized spacial score (nSPS) is 44.8. The van der Waals surface area contributed by atoms with Crippen LogP contribution in [0.2, 0.25) is 0 Å². The van der Waals surface area contributed by atoms with Crippen molar-refractivity contribution in [3.05, 3.63) is 12.2 Å². The molecule has 0 aromatic carbocycles. The summed E-state index contributed by atoms with van der Waals surface area (Å²) < 4.78 is 17.6. The van der Waals surface area contributed by atoms with E-state index < -0.39 is 5.41 Å². The fourth-order valence-corrected chi connectivity index (χ4v) is 8.56. The first-order valence-electron chi connectivity index (χ1n) is 12.1. The lowest BCUT2D eigenvalue weighted by atomic mass is 9.39. The molecule has 6 heteroatoms. The summed E-state index contributed by atoms with van der Waals surface area (Å²) in [4.78, 5) is 36.0. The Morgan fingerprint density at radius 2 is 1.66 bits per heavy atom. The van der Waals surface area contributed by atoms with E-state index in [9.17, 15) is 14.4 Å². The minimum atomic E-state index is -0.428. The lowest BCUT2D eigenvalue weighted by molar-refractivity contribution is -0.249. The van der Waals surface area contributed by atoms with Crippen LogP contribution >= 0.6 is 0 Å². The van der Waals surface area contributed by atoms with Crippen LogP contribution in [-0.4, -0.2) is 36.7 Å². The van der Waals surface area contributed by atoms with Crippen LogP contribution < -0.4 is 0 Å². The molecule has 4 rings (SSSR count). The van der Waals surface area contributed by atoms with Gasteiger partial charge in [-0.25, -0.2) is 0 Å². The number of carbonyl (C=O) groups excluding carboxylic acids is 3. The molecule has 4 fully saturated rings. The van der Waals surface area contributed by atoms with Gasteiger partial charge in [0.1, 0.15) is 12.2 Å². The first kappa shape index (κ1) is 23.3. The third-order valence-corrected chi connectivity index (χ3v) is 9.52. The molecule has 0 aliphatic heterocycles. The van der Waals surface area contributed by atoms with E-state index >= 15 is 0 Å². The summed E-state index contributed by atoms with van der Waals surface area (Å²) in [6, 6.07) is 0. The molecular weight excluding hydrogens is 408 g/mol. The van der Waals surface area contributed by atoms with Crippen LogP contribution in [0.5, 0.6) is 0 Å². The van der Waals surface area contributed by atoms with Crippen molar-refractivity contribution >= 4 is 17.9 Å². The molecule has 4 saturated carbocycles. The molecule has 0 saturated heterocycles. The topological polar surface area (TPSA) is 78.9 Å². The third-order valence-electron chi connectivity index (χ3n) is 9.52. The van der Waals surface area contributed by atoms with Crippen LogP contribution in [0.3, 0.4) is 0 Å². The third kappa shape index (κ3) is 3.40. The number of ether oxygens (including phenoxy) is 3. The fourth-order valence-electron chi connectivity index (χ4n) is 8.56. The zero-order valence-electron chi connectivity index (χ0n) is 20.2. The van der Waals surface area contributed by atoms with Crippen molar-refractivity contribution in [3.63, 3.8) is 0 Å². The molecule has 0 aromatic heterocycles. The van der Waals surface area contributed by atoms with Gasteiger partial charge in [-0.15, -0.1) is 0 Å². The zero-order valence-corrected chi connectivity index (χ0v) is 20.2. The molecule has 2 bridgehead atoms. The first-order chi connectivity index (χ1) is 14.9. The Hall–Kier alpha value is -1.85. The van der Waals surface area contributed by atoms with E-state index in [1.807, 2.05) is 0 Å². The van der Waals surface area contributed by atoms with Crippen molar-refractivity contribution in [2.45, 2.75) is 91.8 Å². The van der Waals surface area contributed by atoms with Crippen LogP contribution in [-0.2, 0) is 28.6 Å². The van der Waals surface area contributed by atoms with Gasteiger partial charge in [0.05, 0.1) is 12.0 Å². The summed E-state index contributed by atoms with van der Waals surface area (Å²) in [5.41, 5.74) is 0.499. The van der Waals surface area contributed by atoms with Crippen molar-refractivity contribution in [1.82, 2.24) is 0 Å². The highest BCUT2D eigenvalue weighted by Gasteiger charge is 2.72. The predicted octanol–water partition coefficient (Wildman–Crippen LogP) is 4.60. The molecular formula is C26H38O6. The van der Waals surface area contributed by atoms with Crippen LogP contribution in [0.15, 0.2) is 12.2 Å². The maximum absolute atomic E-state index is 12.3. The van der Waals surface area contributed by atoms with Crippen molar-refractivity contribution in [2.24, 2.45) is 34.0 Å². The van der Waals surface area contributed by atoms with Gasteiger partial charge in [-0.2, -0.15) is 0 Å². The van der Waals surface area contributed by atoms with Crippen molar-refractivity contribution < 1.29 is 28.6 Å². The van der Waals surface area contributed by atoms with Gasteiger partial charge in [-0.3, -0.25) is 14.4 Å². The highest BCUT2D eigenvalue weighted by atomic mass is 16.6. The van der Waals surface area contributed by atoms with Gasteiger partial charge in [0.2, 0.25) is 0 Å². The number of hydrogen-bond donors (Lipinski definition) is 0. The Bertz CT molecular complexity index is 834. The van der Waals surface area contributed by atoms with Gasteiger partial charge < -0.3 is 14.2 Å². The van der Waals surface area contributed by atoms with Gasteiger partial charge in [-0.05, 0) is 55.8 Å². The summed E-state index contributed by atoms with van der Waals surface area (Å²) in [5, 5.41) is 0. The number of rotatable bonds is 4. The second kappa shape index (κ2) is 7.88. The van der Waals surface area contributed by atoms with E-state index in [1.165, 1.54) is 20.8 Å². The minimum absolute atomic E-state index is 0.0161. The molecule has 1 unspecified atom stereocenters. The van der Waals surface area contributed by atoms with Gasteiger partial charge in [0.25, 0.3) is 0 Å². The van der Waals surface area contributed by atoms with E-state index in [4.69, 9.17) is 14.2 Å². The number of carbonyl (C=O) groups is 3. The average molecular weight is 447 g/mol. The molecule has 8 atom stereocenters. The quantitative estimate of drug-likeness (QED) is 0.357. The highest BCUT2D eigenvalue weighted by molar-refractivity contribution is 5.67. The highest BCUT2D eigenvalue weighted by Crippen LogP contribution is 2.73. The van der Waals surface area contributed by atoms with Gasteiger partial charge in [-0.1, -0.05) is 32.4 Å². The van der Waals surface area contributed by atoms with Gasteiger partial charge in [0, 0.05) is 32.1 Å². The van der Waals surface area contributed by atoms with Crippen LogP contribution in [0.4, 0.5) is 0 Å². The van der Waals surface area contributed by atoms with Crippen LogP contribution in [0.1, 0.15) is 79.6 Å². The van der Waals surface area contributed by atoms with E-state index in [0.717, 1.165) is 44.1 Å². The molecule has 0 amide bonds. The van der Waals surface area contributed by atoms with Gasteiger partial charge in [0.15, 0.2) is 0 Å². The largest absolute Gasteiger partial charge is 0.465 e. The molecule has 0 aromatic rings. The van der Waals surface area contributed by atoms with Crippen LogP contribution in [0.25, 0.3) is 0 Å².